The van der Waals surface area contributed by atoms with Gasteiger partial charge < -0.3 is 20.2 Å². The van der Waals surface area contributed by atoms with Gasteiger partial charge in [0.25, 0.3) is 5.91 Å². The first-order valence-electron chi connectivity index (χ1n) is 5.98. The van der Waals surface area contributed by atoms with E-state index in [1.165, 1.54) is 23.1 Å². The fraction of sp³-hybridized carbons (Fsp3) is 0.385. The van der Waals surface area contributed by atoms with Gasteiger partial charge in [-0.1, -0.05) is 6.07 Å². The van der Waals surface area contributed by atoms with Crippen molar-refractivity contribution in [2.24, 2.45) is 5.92 Å². The molecule has 6 heteroatoms. The van der Waals surface area contributed by atoms with Crippen LogP contribution in [0.25, 0.3) is 0 Å². The van der Waals surface area contributed by atoms with Crippen molar-refractivity contribution in [1.82, 2.24) is 4.90 Å². The van der Waals surface area contributed by atoms with Gasteiger partial charge in [0.2, 0.25) is 0 Å². The minimum absolute atomic E-state index is 0.180. The van der Waals surface area contributed by atoms with E-state index in [1.54, 1.807) is 6.92 Å². The smallest absolute Gasteiger partial charge is 0.308 e. The van der Waals surface area contributed by atoms with Crippen molar-refractivity contribution >= 4 is 11.9 Å². The summed E-state index contributed by atoms with van der Waals surface area (Å²) in [5.74, 6) is -2.72. The number of phenolic OH excluding ortho intramolecular Hbond substituents is 2. The lowest BCUT2D eigenvalue weighted by atomic mass is 10.0. The molecule has 1 amide bonds. The monoisotopic (exact) mass is 265 g/mol. The van der Waals surface area contributed by atoms with Crippen LogP contribution in [0.5, 0.6) is 11.5 Å². The number of likely N-dealkylation sites (tertiary alicyclic amines) is 1. The zero-order valence-electron chi connectivity index (χ0n) is 10.4. The molecule has 1 aliphatic rings. The molecule has 0 radical (unpaired) electrons. The highest BCUT2D eigenvalue weighted by Gasteiger charge is 2.39. The van der Waals surface area contributed by atoms with E-state index in [2.05, 4.69) is 0 Å². The SMILES string of the molecule is CC1C(C(=O)O)CCN1C(=O)c1c(O)cccc1O. The molecule has 1 fully saturated rings. The summed E-state index contributed by atoms with van der Waals surface area (Å²) in [6.45, 7) is 1.95. The van der Waals surface area contributed by atoms with Gasteiger partial charge in [0.1, 0.15) is 17.1 Å². The number of carbonyl (C=O) groups excluding carboxylic acids is 1. The second kappa shape index (κ2) is 4.79. The van der Waals surface area contributed by atoms with Crippen LogP contribution in [0.4, 0.5) is 0 Å². The molecule has 2 atom stereocenters. The van der Waals surface area contributed by atoms with E-state index in [1.807, 2.05) is 0 Å². The summed E-state index contributed by atoms with van der Waals surface area (Å²) in [4.78, 5) is 24.7. The van der Waals surface area contributed by atoms with E-state index in [0.29, 0.717) is 13.0 Å². The van der Waals surface area contributed by atoms with Gasteiger partial charge >= 0.3 is 5.97 Å². The molecule has 1 saturated heterocycles. The third-order valence-electron chi connectivity index (χ3n) is 3.57. The van der Waals surface area contributed by atoms with E-state index in [4.69, 9.17) is 5.11 Å². The van der Waals surface area contributed by atoms with Crippen LogP contribution < -0.4 is 0 Å². The standard InChI is InChI=1S/C13H15NO5/c1-7-8(13(18)19)5-6-14(7)12(17)11-9(15)3-2-4-10(11)16/h2-4,7-8,15-16H,5-6H2,1H3,(H,18,19). The molecular weight excluding hydrogens is 250 g/mol. The zero-order chi connectivity index (χ0) is 14.2. The molecule has 1 aromatic carbocycles. The molecule has 0 spiro atoms. The molecule has 1 aromatic rings. The predicted octanol–water partition coefficient (Wildman–Crippen LogP) is 1.03. The molecule has 2 unspecified atom stereocenters. The number of rotatable bonds is 2. The van der Waals surface area contributed by atoms with Gasteiger partial charge in [-0.25, -0.2) is 0 Å². The van der Waals surface area contributed by atoms with Gasteiger partial charge in [0, 0.05) is 12.6 Å². The maximum atomic E-state index is 12.3. The van der Waals surface area contributed by atoms with E-state index in [-0.39, 0.29) is 17.1 Å². The Morgan fingerprint density at radius 1 is 1.26 bits per heavy atom. The highest BCUT2D eigenvalue weighted by molar-refractivity contribution is 6.00. The fourth-order valence-corrected chi connectivity index (χ4v) is 2.45. The van der Waals surface area contributed by atoms with Crippen molar-refractivity contribution in [2.75, 3.05) is 6.54 Å². The molecular formula is C13H15NO5. The van der Waals surface area contributed by atoms with E-state index in [9.17, 15) is 19.8 Å². The molecule has 1 heterocycles. The first kappa shape index (κ1) is 13.2. The zero-order valence-corrected chi connectivity index (χ0v) is 10.4. The Kier molecular flexibility index (Phi) is 3.33. The van der Waals surface area contributed by atoms with Gasteiger partial charge in [0.15, 0.2) is 0 Å². The summed E-state index contributed by atoms with van der Waals surface area (Å²) >= 11 is 0. The summed E-state index contributed by atoms with van der Waals surface area (Å²) in [6, 6.07) is 3.57. The normalized spacial score (nSPS) is 22.5. The highest BCUT2D eigenvalue weighted by Crippen LogP contribution is 2.32. The van der Waals surface area contributed by atoms with Crippen molar-refractivity contribution in [3.8, 4) is 11.5 Å². The number of hydrogen-bond acceptors (Lipinski definition) is 4. The number of carboxylic acid groups (broad SMARTS) is 1. The number of hydrogen-bond donors (Lipinski definition) is 3. The van der Waals surface area contributed by atoms with Gasteiger partial charge in [0.05, 0.1) is 5.92 Å². The maximum Gasteiger partial charge on any atom is 0.308 e. The van der Waals surface area contributed by atoms with Gasteiger partial charge in [-0.2, -0.15) is 0 Å². The molecule has 0 saturated carbocycles. The first-order valence-corrected chi connectivity index (χ1v) is 5.98. The van der Waals surface area contributed by atoms with Crippen LogP contribution in [0.1, 0.15) is 23.7 Å². The Morgan fingerprint density at radius 2 is 1.84 bits per heavy atom. The highest BCUT2D eigenvalue weighted by atomic mass is 16.4. The number of benzene rings is 1. The van der Waals surface area contributed by atoms with E-state index >= 15 is 0 Å². The quantitative estimate of drug-likeness (QED) is 0.742. The predicted molar refractivity (Wildman–Crippen MR) is 66.0 cm³/mol. The molecule has 102 valence electrons. The third kappa shape index (κ3) is 2.21. The molecule has 2 rings (SSSR count). The van der Waals surface area contributed by atoms with Crippen molar-refractivity contribution in [2.45, 2.75) is 19.4 Å². The average Bonchev–Trinajstić information content (AvgIpc) is 2.70. The molecule has 1 aliphatic heterocycles. The Bertz CT molecular complexity index is 508. The summed E-state index contributed by atoms with van der Waals surface area (Å²) in [7, 11) is 0. The molecule has 0 bridgehead atoms. The lowest BCUT2D eigenvalue weighted by Crippen LogP contribution is -2.37. The van der Waals surface area contributed by atoms with Crippen LogP contribution >= 0.6 is 0 Å². The minimum Gasteiger partial charge on any atom is -0.507 e. The maximum absolute atomic E-state index is 12.3. The van der Waals surface area contributed by atoms with Crippen LogP contribution in [-0.4, -0.2) is 44.7 Å². The van der Waals surface area contributed by atoms with Crippen LogP contribution in [0.15, 0.2) is 18.2 Å². The van der Waals surface area contributed by atoms with Gasteiger partial charge in [-0.3, -0.25) is 9.59 Å². The number of carbonyl (C=O) groups is 2. The van der Waals surface area contributed by atoms with Gasteiger partial charge in [-0.05, 0) is 25.5 Å². The number of nitrogens with zero attached hydrogens (tertiary/aromatic N) is 1. The Hall–Kier alpha value is -2.24. The number of aromatic hydroxyl groups is 2. The second-order valence-corrected chi connectivity index (χ2v) is 4.64. The summed E-state index contributed by atoms with van der Waals surface area (Å²) in [5, 5.41) is 28.3. The lowest BCUT2D eigenvalue weighted by molar-refractivity contribution is -0.142. The molecule has 3 N–H and O–H groups in total. The Morgan fingerprint density at radius 3 is 2.32 bits per heavy atom. The van der Waals surface area contributed by atoms with E-state index in [0.717, 1.165) is 0 Å². The first-order chi connectivity index (χ1) is 8.93. The van der Waals surface area contributed by atoms with Crippen molar-refractivity contribution < 1.29 is 24.9 Å². The lowest BCUT2D eigenvalue weighted by Gasteiger charge is -2.24. The second-order valence-electron chi connectivity index (χ2n) is 4.64. The molecule has 6 nitrogen and oxygen atoms in total. The van der Waals surface area contributed by atoms with Crippen LogP contribution in [-0.2, 0) is 4.79 Å². The Labute approximate surface area is 109 Å². The summed E-state index contributed by atoms with van der Waals surface area (Å²) in [6.07, 6.45) is 0.372. The number of aliphatic carboxylic acids is 1. The number of amides is 1. The van der Waals surface area contributed by atoms with Crippen LogP contribution in [0.2, 0.25) is 0 Å². The topological polar surface area (TPSA) is 98.1 Å². The van der Waals surface area contributed by atoms with Crippen LogP contribution in [0, 0.1) is 5.92 Å². The molecule has 0 aliphatic carbocycles. The largest absolute Gasteiger partial charge is 0.507 e. The Balaban J connectivity index is 2.29. The van der Waals surface area contributed by atoms with Crippen molar-refractivity contribution in [3.63, 3.8) is 0 Å². The van der Waals surface area contributed by atoms with E-state index < -0.39 is 23.8 Å². The number of phenols is 2. The third-order valence-corrected chi connectivity index (χ3v) is 3.57. The summed E-state index contributed by atoms with van der Waals surface area (Å²) < 4.78 is 0. The fourth-order valence-electron chi connectivity index (χ4n) is 2.45. The minimum atomic E-state index is -0.940. The van der Waals surface area contributed by atoms with Crippen molar-refractivity contribution in [3.05, 3.63) is 23.8 Å². The van der Waals surface area contributed by atoms with Crippen LogP contribution in [0.3, 0.4) is 0 Å². The van der Waals surface area contributed by atoms with Gasteiger partial charge in [-0.15, -0.1) is 0 Å². The van der Waals surface area contributed by atoms with Crippen molar-refractivity contribution in [1.29, 1.82) is 0 Å². The molecule has 19 heavy (non-hydrogen) atoms. The molecule has 0 aromatic heterocycles. The number of carboxylic acids is 1. The average molecular weight is 265 g/mol. The summed E-state index contributed by atoms with van der Waals surface area (Å²) in [5.41, 5.74) is -0.180.